The van der Waals surface area contributed by atoms with E-state index in [0.29, 0.717) is 36.3 Å². The van der Waals surface area contributed by atoms with Crippen LogP contribution in [0.25, 0.3) is 0 Å². The molecule has 2 aliphatic heterocycles. The van der Waals surface area contributed by atoms with E-state index in [1.807, 2.05) is 13.0 Å². The zero-order chi connectivity index (χ0) is 21.3. The van der Waals surface area contributed by atoms with Crippen molar-refractivity contribution in [3.05, 3.63) is 59.2 Å². The molecule has 1 saturated heterocycles. The summed E-state index contributed by atoms with van der Waals surface area (Å²) >= 11 is 0. The lowest BCUT2D eigenvalue weighted by molar-refractivity contribution is -0.117. The Kier molecular flexibility index (Phi) is 5.35. The van der Waals surface area contributed by atoms with Crippen molar-refractivity contribution in [1.29, 1.82) is 0 Å². The van der Waals surface area contributed by atoms with Gasteiger partial charge in [-0.3, -0.25) is 24.1 Å². The largest absolute Gasteiger partial charge is 0.322 e. The number of amides is 4. The third-order valence-electron chi connectivity index (χ3n) is 5.46. The highest BCUT2D eigenvalue weighted by atomic mass is 16.2. The van der Waals surface area contributed by atoms with Crippen LogP contribution >= 0.6 is 0 Å². The summed E-state index contributed by atoms with van der Waals surface area (Å²) in [5.41, 5.74) is 2.21. The average Bonchev–Trinajstić information content (AvgIpc) is 3.28. The normalized spacial score (nSPS) is 15.7. The molecule has 7 nitrogen and oxygen atoms in total. The molecule has 0 radical (unpaired) electrons. The number of hydrogen-bond acceptors (Lipinski definition) is 4. The zero-order valence-corrected chi connectivity index (χ0v) is 16.8. The first-order valence-corrected chi connectivity index (χ1v) is 10.2. The Morgan fingerprint density at radius 2 is 1.83 bits per heavy atom. The molecule has 30 heavy (non-hydrogen) atoms. The number of fused-ring (bicyclic) bond motifs is 1. The Balaban J connectivity index is 1.52. The van der Waals surface area contributed by atoms with Crippen LogP contribution < -0.4 is 10.2 Å². The summed E-state index contributed by atoms with van der Waals surface area (Å²) in [6.07, 6.45) is 2.98. The highest BCUT2D eigenvalue weighted by Gasteiger charge is 2.35. The van der Waals surface area contributed by atoms with Gasteiger partial charge < -0.3 is 10.2 Å². The van der Waals surface area contributed by atoms with Crippen LogP contribution in [0, 0.1) is 0 Å². The van der Waals surface area contributed by atoms with E-state index in [1.165, 1.54) is 17.0 Å². The Bertz CT molecular complexity index is 1050. The first kappa shape index (κ1) is 19.8. The first-order chi connectivity index (χ1) is 14.5. The van der Waals surface area contributed by atoms with Gasteiger partial charge in [0.25, 0.3) is 17.7 Å². The maximum Gasteiger partial charge on any atom is 0.261 e. The summed E-state index contributed by atoms with van der Waals surface area (Å²) in [7, 11) is 0. The molecule has 0 bridgehead atoms. The van der Waals surface area contributed by atoms with E-state index < -0.39 is 0 Å². The van der Waals surface area contributed by atoms with Crippen LogP contribution in [-0.2, 0) is 4.79 Å². The fourth-order valence-electron chi connectivity index (χ4n) is 3.83. The third-order valence-corrected chi connectivity index (χ3v) is 5.46. The van der Waals surface area contributed by atoms with Crippen LogP contribution in [0.4, 0.5) is 11.4 Å². The minimum Gasteiger partial charge on any atom is -0.322 e. The smallest absolute Gasteiger partial charge is 0.261 e. The van der Waals surface area contributed by atoms with E-state index in [9.17, 15) is 19.2 Å². The van der Waals surface area contributed by atoms with E-state index in [1.54, 1.807) is 29.2 Å². The van der Waals surface area contributed by atoms with E-state index in [2.05, 4.69) is 5.32 Å². The van der Waals surface area contributed by atoms with E-state index in [4.69, 9.17) is 0 Å². The molecule has 2 aliphatic rings. The lowest BCUT2D eigenvalue weighted by Crippen LogP contribution is -2.30. The van der Waals surface area contributed by atoms with Gasteiger partial charge in [-0.2, -0.15) is 0 Å². The van der Waals surface area contributed by atoms with Gasteiger partial charge in [-0.05, 0) is 49.2 Å². The number of benzene rings is 2. The van der Waals surface area contributed by atoms with Crippen molar-refractivity contribution in [2.75, 3.05) is 23.3 Å². The molecule has 0 aromatic heterocycles. The highest BCUT2D eigenvalue weighted by molar-refractivity contribution is 6.22. The monoisotopic (exact) mass is 405 g/mol. The minimum atomic E-state index is -0.380. The number of unbranched alkanes of at least 4 members (excludes halogenated alkanes) is 1. The van der Waals surface area contributed by atoms with Crippen molar-refractivity contribution in [1.82, 2.24) is 4.90 Å². The number of nitrogens with one attached hydrogen (secondary N) is 1. The number of anilines is 2. The van der Waals surface area contributed by atoms with Crippen molar-refractivity contribution >= 4 is 35.0 Å². The second-order valence-electron chi connectivity index (χ2n) is 7.53. The molecule has 2 aromatic rings. The molecule has 0 saturated carbocycles. The van der Waals surface area contributed by atoms with Gasteiger partial charge in [0, 0.05) is 36.4 Å². The Morgan fingerprint density at radius 3 is 2.57 bits per heavy atom. The molecule has 0 atom stereocenters. The number of rotatable bonds is 6. The topological polar surface area (TPSA) is 86.8 Å². The van der Waals surface area contributed by atoms with E-state index in [-0.39, 0.29) is 29.2 Å². The van der Waals surface area contributed by atoms with Crippen molar-refractivity contribution in [3.8, 4) is 0 Å². The quantitative estimate of drug-likeness (QED) is 0.746. The maximum absolute atomic E-state index is 12.8. The zero-order valence-electron chi connectivity index (χ0n) is 16.8. The summed E-state index contributed by atoms with van der Waals surface area (Å²) in [6, 6.07) is 11.7. The summed E-state index contributed by atoms with van der Waals surface area (Å²) in [4.78, 5) is 52.7. The van der Waals surface area contributed by atoms with Crippen LogP contribution in [0.5, 0.6) is 0 Å². The Morgan fingerprint density at radius 1 is 1.03 bits per heavy atom. The fourth-order valence-corrected chi connectivity index (χ4v) is 3.83. The van der Waals surface area contributed by atoms with Crippen molar-refractivity contribution in [2.45, 2.75) is 32.6 Å². The van der Waals surface area contributed by atoms with Gasteiger partial charge in [0.15, 0.2) is 0 Å². The molecule has 2 heterocycles. The van der Waals surface area contributed by atoms with Crippen LogP contribution in [0.3, 0.4) is 0 Å². The summed E-state index contributed by atoms with van der Waals surface area (Å²) < 4.78 is 0. The van der Waals surface area contributed by atoms with Crippen molar-refractivity contribution in [2.24, 2.45) is 0 Å². The van der Waals surface area contributed by atoms with Crippen LogP contribution in [-0.4, -0.2) is 41.6 Å². The van der Waals surface area contributed by atoms with E-state index >= 15 is 0 Å². The molecule has 0 spiro atoms. The van der Waals surface area contributed by atoms with Gasteiger partial charge in [-0.15, -0.1) is 0 Å². The standard InChI is InChI=1S/C23H23N3O4/c1-2-3-11-26-22(29)18-10-9-15(13-19(18)23(26)30)21(28)24-16-6-4-7-17(14-16)25-12-5-8-20(25)27/h4,6-7,9-10,13-14H,2-3,5,8,11-12H2,1H3,(H,24,28). The second kappa shape index (κ2) is 8.10. The molecule has 4 rings (SSSR count). The first-order valence-electron chi connectivity index (χ1n) is 10.2. The fraction of sp³-hybridized carbons (Fsp3) is 0.304. The molecule has 0 unspecified atom stereocenters. The molecule has 4 amide bonds. The number of hydrogen-bond donors (Lipinski definition) is 1. The Labute approximate surface area is 174 Å². The molecular formula is C23H23N3O4. The lowest BCUT2D eigenvalue weighted by Gasteiger charge is -2.16. The predicted octanol–water partition coefficient (Wildman–Crippen LogP) is 3.46. The van der Waals surface area contributed by atoms with Gasteiger partial charge in [0.2, 0.25) is 5.91 Å². The molecule has 1 fully saturated rings. The van der Waals surface area contributed by atoms with Crippen molar-refractivity contribution < 1.29 is 19.2 Å². The van der Waals surface area contributed by atoms with Crippen LogP contribution in [0.15, 0.2) is 42.5 Å². The summed E-state index contributed by atoms with van der Waals surface area (Å²) in [5.74, 6) is -0.964. The third kappa shape index (κ3) is 3.58. The number of carbonyl (C=O) groups excluding carboxylic acids is 4. The molecule has 1 N–H and O–H groups in total. The molecule has 2 aromatic carbocycles. The molecule has 7 heteroatoms. The number of nitrogens with zero attached hydrogens (tertiary/aromatic N) is 2. The SMILES string of the molecule is CCCCN1C(=O)c2ccc(C(=O)Nc3cccc(N4CCCC4=O)c3)cc2C1=O. The number of carbonyl (C=O) groups is 4. The minimum absolute atomic E-state index is 0.0768. The molecule has 0 aliphatic carbocycles. The average molecular weight is 405 g/mol. The van der Waals surface area contributed by atoms with Gasteiger partial charge in [-0.1, -0.05) is 19.4 Å². The van der Waals surface area contributed by atoms with Crippen LogP contribution in [0.1, 0.15) is 63.7 Å². The van der Waals surface area contributed by atoms with Gasteiger partial charge in [-0.25, -0.2) is 0 Å². The van der Waals surface area contributed by atoms with Gasteiger partial charge in [0.05, 0.1) is 11.1 Å². The maximum atomic E-state index is 12.8. The van der Waals surface area contributed by atoms with Crippen molar-refractivity contribution in [3.63, 3.8) is 0 Å². The van der Waals surface area contributed by atoms with Crippen LogP contribution in [0.2, 0.25) is 0 Å². The molecule has 154 valence electrons. The molecular weight excluding hydrogens is 382 g/mol. The highest BCUT2D eigenvalue weighted by Crippen LogP contribution is 2.26. The Hall–Kier alpha value is -3.48. The van der Waals surface area contributed by atoms with Gasteiger partial charge >= 0.3 is 0 Å². The number of imide groups is 1. The second-order valence-corrected chi connectivity index (χ2v) is 7.53. The van der Waals surface area contributed by atoms with E-state index in [0.717, 1.165) is 24.9 Å². The summed E-state index contributed by atoms with van der Waals surface area (Å²) in [5, 5.41) is 2.81. The lowest BCUT2D eigenvalue weighted by atomic mass is 10.1. The van der Waals surface area contributed by atoms with Gasteiger partial charge in [0.1, 0.15) is 0 Å². The summed E-state index contributed by atoms with van der Waals surface area (Å²) in [6.45, 7) is 3.05. The predicted molar refractivity (Wildman–Crippen MR) is 113 cm³/mol.